The summed E-state index contributed by atoms with van der Waals surface area (Å²) in [4.78, 5) is 24.8. The quantitative estimate of drug-likeness (QED) is 0.731. The first kappa shape index (κ1) is 14.1. The van der Waals surface area contributed by atoms with E-state index in [2.05, 4.69) is 5.32 Å². The van der Waals surface area contributed by atoms with Gasteiger partial charge in [0.1, 0.15) is 0 Å². The van der Waals surface area contributed by atoms with E-state index in [-0.39, 0.29) is 30.0 Å². The fourth-order valence-corrected chi connectivity index (χ4v) is 1.70. The van der Waals surface area contributed by atoms with Crippen molar-refractivity contribution in [3.63, 3.8) is 0 Å². The van der Waals surface area contributed by atoms with Crippen LogP contribution in [-0.2, 0) is 14.3 Å². The van der Waals surface area contributed by atoms with Gasteiger partial charge in [0.2, 0.25) is 11.8 Å². The van der Waals surface area contributed by atoms with Gasteiger partial charge in [-0.3, -0.25) is 19.8 Å². The first-order valence-corrected chi connectivity index (χ1v) is 6.06. The molecule has 5 heteroatoms. The summed E-state index contributed by atoms with van der Waals surface area (Å²) in [6, 6.07) is -0.234. The molecule has 0 saturated carbocycles. The summed E-state index contributed by atoms with van der Waals surface area (Å²) in [6.07, 6.45) is 0.697. The summed E-state index contributed by atoms with van der Waals surface area (Å²) >= 11 is 0. The Morgan fingerprint density at radius 2 is 2.06 bits per heavy atom. The molecule has 1 aliphatic heterocycles. The summed E-state index contributed by atoms with van der Waals surface area (Å²) in [6.45, 7) is 8.73. The molecular weight excluding hydrogens is 220 g/mol. The van der Waals surface area contributed by atoms with Crippen molar-refractivity contribution in [2.75, 3.05) is 19.7 Å². The molecule has 0 aromatic heterocycles. The van der Waals surface area contributed by atoms with Crippen LogP contribution in [0.4, 0.5) is 0 Å². The lowest BCUT2D eigenvalue weighted by Gasteiger charge is -2.31. The highest BCUT2D eigenvalue weighted by Gasteiger charge is 2.32. The second-order valence-electron chi connectivity index (χ2n) is 5.19. The number of piperazine rings is 1. The molecule has 0 aromatic carbocycles. The molecule has 98 valence electrons. The third kappa shape index (κ3) is 4.09. The zero-order valence-electron chi connectivity index (χ0n) is 11.1. The van der Waals surface area contributed by atoms with E-state index < -0.39 is 0 Å². The van der Waals surface area contributed by atoms with E-state index in [0.717, 1.165) is 0 Å². The van der Waals surface area contributed by atoms with Crippen LogP contribution in [0.15, 0.2) is 0 Å². The van der Waals surface area contributed by atoms with Crippen LogP contribution in [-0.4, -0.2) is 48.1 Å². The molecule has 0 aliphatic carbocycles. The molecule has 0 radical (unpaired) electrons. The van der Waals surface area contributed by atoms with Crippen molar-refractivity contribution in [2.24, 2.45) is 0 Å². The summed E-state index contributed by atoms with van der Waals surface area (Å²) in [7, 11) is 0. The fourth-order valence-electron chi connectivity index (χ4n) is 1.70. The average molecular weight is 242 g/mol. The van der Waals surface area contributed by atoms with Gasteiger partial charge in [-0.25, -0.2) is 0 Å². The van der Waals surface area contributed by atoms with Gasteiger partial charge >= 0.3 is 0 Å². The van der Waals surface area contributed by atoms with Crippen LogP contribution >= 0.6 is 0 Å². The van der Waals surface area contributed by atoms with Crippen LogP contribution in [0.25, 0.3) is 0 Å². The fraction of sp³-hybridized carbons (Fsp3) is 0.833. The van der Waals surface area contributed by atoms with E-state index in [4.69, 9.17) is 4.74 Å². The molecule has 1 N–H and O–H groups in total. The average Bonchev–Trinajstić information content (AvgIpc) is 2.21. The molecule has 5 nitrogen and oxygen atoms in total. The van der Waals surface area contributed by atoms with E-state index in [0.29, 0.717) is 19.6 Å². The van der Waals surface area contributed by atoms with Crippen molar-refractivity contribution in [1.82, 2.24) is 10.2 Å². The minimum Gasteiger partial charge on any atom is -0.374 e. The standard InChI is InChI=1S/C12H22N2O3/c1-5-9-11(16)14(10(15)8-13-9)6-7-17-12(2,3)4/h9,13H,5-8H2,1-4H3. The third-order valence-corrected chi connectivity index (χ3v) is 2.62. The van der Waals surface area contributed by atoms with Crippen LogP contribution in [0.3, 0.4) is 0 Å². The molecule has 1 rings (SSSR count). The summed E-state index contributed by atoms with van der Waals surface area (Å²) in [5, 5.41) is 2.92. The highest BCUT2D eigenvalue weighted by atomic mass is 16.5. The number of hydrogen-bond acceptors (Lipinski definition) is 4. The van der Waals surface area contributed by atoms with Crippen molar-refractivity contribution in [1.29, 1.82) is 0 Å². The zero-order chi connectivity index (χ0) is 13.1. The van der Waals surface area contributed by atoms with E-state index in [1.807, 2.05) is 27.7 Å². The third-order valence-electron chi connectivity index (χ3n) is 2.62. The minimum atomic E-state index is -0.246. The van der Waals surface area contributed by atoms with Crippen LogP contribution in [0.2, 0.25) is 0 Å². The van der Waals surface area contributed by atoms with Crippen molar-refractivity contribution in [3.8, 4) is 0 Å². The Balaban J connectivity index is 2.50. The second-order valence-corrected chi connectivity index (χ2v) is 5.19. The minimum absolute atomic E-state index is 0.138. The molecule has 1 saturated heterocycles. The number of imide groups is 1. The molecular formula is C12H22N2O3. The molecule has 17 heavy (non-hydrogen) atoms. The smallest absolute Gasteiger partial charge is 0.246 e. The summed E-state index contributed by atoms with van der Waals surface area (Å²) in [5.41, 5.74) is -0.246. The van der Waals surface area contributed by atoms with Crippen molar-refractivity contribution < 1.29 is 14.3 Å². The predicted octanol–water partition coefficient (Wildman–Crippen LogP) is 0.538. The zero-order valence-corrected chi connectivity index (χ0v) is 11.1. The van der Waals surface area contributed by atoms with Gasteiger partial charge in [0.05, 0.1) is 31.3 Å². The van der Waals surface area contributed by atoms with Crippen LogP contribution in [0, 0.1) is 0 Å². The Morgan fingerprint density at radius 1 is 1.41 bits per heavy atom. The maximum atomic E-state index is 11.9. The number of carbonyl (C=O) groups is 2. The Labute approximate surface area is 102 Å². The van der Waals surface area contributed by atoms with Crippen molar-refractivity contribution in [2.45, 2.75) is 45.8 Å². The van der Waals surface area contributed by atoms with E-state index in [1.54, 1.807) is 0 Å². The number of amides is 2. The van der Waals surface area contributed by atoms with Gasteiger partial charge in [-0.2, -0.15) is 0 Å². The van der Waals surface area contributed by atoms with E-state index in [1.165, 1.54) is 4.90 Å². The molecule has 0 bridgehead atoms. The lowest BCUT2D eigenvalue weighted by atomic mass is 10.1. The molecule has 0 aromatic rings. The Morgan fingerprint density at radius 3 is 2.59 bits per heavy atom. The Kier molecular flexibility index (Phi) is 4.65. The number of ether oxygens (including phenoxy) is 1. The van der Waals surface area contributed by atoms with E-state index in [9.17, 15) is 9.59 Å². The highest BCUT2D eigenvalue weighted by Crippen LogP contribution is 2.09. The lowest BCUT2D eigenvalue weighted by Crippen LogP contribution is -2.58. The first-order chi connectivity index (χ1) is 7.85. The SMILES string of the molecule is CCC1NCC(=O)N(CCOC(C)(C)C)C1=O. The Hall–Kier alpha value is -0.940. The normalized spacial score (nSPS) is 22.1. The van der Waals surface area contributed by atoms with Gasteiger partial charge in [0.25, 0.3) is 0 Å². The number of carbonyl (C=O) groups excluding carboxylic acids is 2. The van der Waals surface area contributed by atoms with Crippen LogP contribution in [0.5, 0.6) is 0 Å². The first-order valence-electron chi connectivity index (χ1n) is 6.06. The van der Waals surface area contributed by atoms with Crippen LogP contribution < -0.4 is 5.32 Å². The molecule has 2 amide bonds. The lowest BCUT2D eigenvalue weighted by molar-refractivity contribution is -0.151. The Bertz CT molecular complexity index is 297. The maximum absolute atomic E-state index is 11.9. The van der Waals surface area contributed by atoms with Gasteiger partial charge in [-0.05, 0) is 27.2 Å². The molecule has 1 atom stereocenters. The molecule has 1 fully saturated rings. The van der Waals surface area contributed by atoms with Gasteiger partial charge in [-0.15, -0.1) is 0 Å². The highest BCUT2D eigenvalue weighted by molar-refractivity contribution is 6.01. The van der Waals surface area contributed by atoms with E-state index >= 15 is 0 Å². The van der Waals surface area contributed by atoms with Gasteiger partial charge in [-0.1, -0.05) is 6.92 Å². The number of rotatable bonds is 4. The number of nitrogens with zero attached hydrogens (tertiary/aromatic N) is 1. The summed E-state index contributed by atoms with van der Waals surface area (Å²) < 4.78 is 5.53. The van der Waals surface area contributed by atoms with Crippen LogP contribution in [0.1, 0.15) is 34.1 Å². The monoisotopic (exact) mass is 242 g/mol. The molecule has 0 spiro atoms. The predicted molar refractivity (Wildman–Crippen MR) is 64.5 cm³/mol. The maximum Gasteiger partial charge on any atom is 0.246 e. The van der Waals surface area contributed by atoms with Gasteiger partial charge in [0.15, 0.2) is 0 Å². The topological polar surface area (TPSA) is 58.6 Å². The van der Waals surface area contributed by atoms with Gasteiger partial charge in [0, 0.05) is 0 Å². The summed E-state index contributed by atoms with van der Waals surface area (Å²) in [5.74, 6) is -0.307. The number of nitrogens with one attached hydrogen (secondary N) is 1. The second kappa shape index (κ2) is 5.60. The molecule has 1 unspecified atom stereocenters. The number of hydrogen-bond donors (Lipinski definition) is 1. The molecule has 1 heterocycles. The molecule has 1 aliphatic rings. The van der Waals surface area contributed by atoms with Crippen molar-refractivity contribution >= 4 is 11.8 Å². The van der Waals surface area contributed by atoms with Crippen molar-refractivity contribution in [3.05, 3.63) is 0 Å². The largest absolute Gasteiger partial charge is 0.374 e. The van der Waals surface area contributed by atoms with Gasteiger partial charge < -0.3 is 4.74 Å².